The van der Waals surface area contributed by atoms with Crippen LogP contribution in [0.2, 0.25) is 0 Å². The summed E-state index contributed by atoms with van der Waals surface area (Å²) < 4.78 is 13.1. The smallest absolute Gasteiger partial charge is 0.256 e. The minimum absolute atomic E-state index is 0.0708. The fourth-order valence-electron chi connectivity index (χ4n) is 3.75. The lowest BCUT2D eigenvalue weighted by Gasteiger charge is -2.44. The Morgan fingerprint density at radius 3 is 2.18 bits per heavy atom. The van der Waals surface area contributed by atoms with Crippen molar-refractivity contribution in [3.05, 3.63) is 58.7 Å². The largest absolute Gasteiger partial charge is 0.364 e. The molecule has 2 aromatic rings. The summed E-state index contributed by atoms with van der Waals surface area (Å²) in [6, 6.07) is 6.45. The van der Waals surface area contributed by atoms with E-state index in [0.717, 1.165) is 5.56 Å². The molecule has 0 radical (unpaired) electrons. The third-order valence-electron chi connectivity index (χ3n) is 5.34. The first kappa shape index (κ1) is 29.2. The molecule has 2 heterocycles. The van der Waals surface area contributed by atoms with E-state index in [2.05, 4.69) is 9.88 Å². The molecular formula is C26H39FN4O3. The number of nitrogens with one attached hydrogen (secondary N) is 1. The van der Waals surface area contributed by atoms with Crippen LogP contribution in [0.1, 0.15) is 59.7 Å². The molecule has 1 aliphatic heterocycles. The SMILES string of the molecule is CC.CN(C)C.Cc1[nH]cc(C(=O)N2C[C@H](C)N(Cc3ccc(F)cc3)CC2C)c1C(=O)C=O. The summed E-state index contributed by atoms with van der Waals surface area (Å²) in [5, 5.41) is 0. The van der Waals surface area contributed by atoms with Crippen molar-refractivity contribution in [2.24, 2.45) is 0 Å². The van der Waals surface area contributed by atoms with Crippen molar-refractivity contribution >= 4 is 18.0 Å². The van der Waals surface area contributed by atoms with E-state index in [9.17, 15) is 18.8 Å². The van der Waals surface area contributed by atoms with Crippen molar-refractivity contribution in [3.8, 4) is 0 Å². The first-order valence-corrected chi connectivity index (χ1v) is 11.6. The number of hydrogen-bond donors (Lipinski definition) is 1. The number of carbonyl (C=O) groups excluding carboxylic acids is 3. The van der Waals surface area contributed by atoms with Crippen molar-refractivity contribution in [2.45, 2.75) is 53.2 Å². The normalized spacial score (nSPS) is 17.9. The predicted molar refractivity (Wildman–Crippen MR) is 134 cm³/mol. The molecule has 1 saturated heterocycles. The molecule has 34 heavy (non-hydrogen) atoms. The predicted octanol–water partition coefficient (Wildman–Crippen LogP) is 3.78. The number of nitrogens with zero attached hydrogens (tertiary/aromatic N) is 3. The molecule has 1 N–H and O–H groups in total. The molecule has 188 valence electrons. The zero-order valence-corrected chi connectivity index (χ0v) is 21.7. The van der Waals surface area contributed by atoms with Crippen LogP contribution in [0.4, 0.5) is 4.39 Å². The third kappa shape index (κ3) is 7.88. The number of benzene rings is 1. The van der Waals surface area contributed by atoms with Crippen molar-refractivity contribution in [1.82, 2.24) is 19.7 Å². The van der Waals surface area contributed by atoms with Crippen molar-refractivity contribution in [3.63, 3.8) is 0 Å². The highest BCUT2D eigenvalue weighted by Crippen LogP contribution is 2.23. The maximum absolute atomic E-state index is 13.1. The van der Waals surface area contributed by atoms with Gasteiger partial charge in [0.15, 0.2) is 6.29 Å². The Morgan fingerprint density at radius 1 is 1.09 bits per heavy atom. The van der Waals surface area contributed by atoms with Gasteiger partial charge in [-0.2, -0.15) is 0 Å². The number of rotatable bonds is 5. The Balaban J connectivity index is 0.000000872. The zero-order chi connectivity index (χ0) is 26.0. The van der Waals surface area contributed by atoms with Crippen molar-refractivity contribution in [1.29, 1.82) is 0 Å². The van der Waals surface area contributed by atoms with E-state index in [1.807, 2.05) is 53.7 Å². The van der Waals surface area contributed by atoms with Gasteiger partial charge in [0.05, 0.1) is 11.1 Å². The summed E-state index contributed by atoms with van der Waals surface area (Å²) in [5.41, 5.74) is 1.91. The van der Waals surface area contributed by atoms with E-state index in [1.54, 1.807) is 24.0 Å². The molecule has 0 bridgehead atoms. The summed E-state index contributed by atoms with van der Waals surface area (Å²) in [4.78, 5) is 44.8. The van der Waals surface area contributed by atoms with Gasteiger partial charge in [0.25, 0.3) is 5.91 Å². The number of aromatic amines is 1. The van der Waals surface area contributed by atoms with E-state index in [-0.39, 0.29) is 41.2 Å². The van der Waals surface area contributed by atoms with E-state index >= 15 is 0 Å². The first-order chi connectivity index (χ1) is 16.0. The van der Waals surface area contributed by atoms with Crippen LogP contribution in [0.25, 0.3) is 0 Å². The number of aldehydes is 1. The van der Waals surface area contributed by atoms with Crippen LogP contribution in [0.3, 0.4) is 0 Å². The Hall–Kier alpha value is -2.84. The highest BCUT2D eigenvalue weighted by molar-refractivity contribution is 6.35. The summed E-state index contributed by atoms with van der Waals surface area (Å²) >= 11 is 0. The minimum Gasteiger partial charge on any atom is -0.364 e. The van der Waals surface area contributed by atoms with Crippen LogP contribution < -0.4 is 0 Å². The number of carbonyl (C=O) groups is 3. The second-order valence-electron chi connectivity index (χ2n) is 8.74. The fourth-order valence-corrected chi connectivity index (χ4v) is 3.75. The number of H-pyrrole nitrogens is 1. The van der Waals surface area contributed by atoms with Gasteiger partial charge in [0.1, 0.15) is 5.82 Å². The standard InChI is InChI=1S/C21H24FN3O3.C3H9N.C2H6/c1-13-10-25(21(28)18-8-23-15(3)20(18)19(27)12-26)14(2)9-24(13)11-16-4-6-17(22)7-5-16;1-4(2)3;1-2/h4-8,12-14,23H,9-11H2,1-3H3;1-3H3;1-2H3/t13-,14?;;/m0../s1. The van der Waals surface area contributed by atoms with Gasteiger partial charge in [-0.25, -0.2) is 4.39 Å². The second kappa shape index (κ2) is 13.8. The highest BCUT2D eigenvalue weighted by atomic mass is 19.1. The summed E-state index contributed by atoms with van der Waals surface area (Å²) in [5.74, 6) is -1.21. The number of piperazine rings is 1. The first-order valence-electron chi connectivity index (χ1n) is 11.6. The maximum atomic E-state index is 13.1. The third-order valence-corrected chi connectivity index (χ3v) is 5.34. The Bertz CT molecular complexity index is 937. The van der Waals surface area contributed by atoms with Gasteiger partial charge >= 0.3 is 0 Å². The molecule has 7 nitrogen and oxygen atoms in total. The number of aromatic nitrogens is 1. The molecule has 2 atom stereocenters. The molecular weight excluding hydrogens is 435 g/mol. The number of ketones is 1. The molecule has 1 fully saturated rings. The number of hydrogen-bond acceptors (Lipinski definition) is 5. The van der Waals surface area contributed by atoms with Gasteiger partial charge < -0.3 is 14.8 Å². The van der Waals surface area contributed by atoms with Crippen molar-refractivity contribution in [2.75, 3.05) is 34.2 Å². The summed E-state index contributed by atoms with van der Waals surface area (Å²) in [6.45, 7) is 11.5. The lowest BCUT2D eigenvalue weighted by Crippen LogP contribution is -2.57. The quantitative estimate of drug-likeness (QED) is 0.405. The molecule has 1 aromatic carbocycles. The molecule has 0 saturated carbocycles. The van der Waals surface area contributed by atoms with E-state index < -0.39 is 5.78 Å². The zero-order valence-electron chi connectivity index (χ0n) is 21.7. The molecule has 8 heteroatoms. The van der Waals surface area contributed by atoms with Gasteiger partial charge in [-0.15, -0.1) is 0 Å². The minimum atomic E-state index is -0.697. The fraction of sp³-hybridized carbons (Fsp3) is 0.500. The van der Waals surface area contributed by atoms with E-state index in [4.69, 9.17) is 0 Å². The number of Topliss-reactive ketones (excluding diaryl/α,β-unsaturated/α-hetero) is 1. The lowest BCUT2D eigenvalue weighted by atomic mass is 10.0. The molecule has 3 rings (SSSR count). The molecule has 1 aromatic heterocycles. The van der Waals surface area contributed by atoms with Crippen LogP contribution in [0.15, 0.2) is 30.5 Å². The van der Waals surface area contributed by atoms with Crippen LogP contribution in [-0.4, -0.2) is 84.0 Å². The molecule has 1 aliphatic rings. The Morgan fingerprint density at radius 2 is 1.65 bits per heavy atom. The maximum Gasteiger partial charge on any atom is 0.256 e. The van der Waals surface area contributed by atoms with Crippen LogP contribution >= 0.6 is 0 Å². The van der Waals surface area contributed by atoms with Gasteiger partial charge in [0, 0.05) is 43.6 Å². The number of amides is 1. The molecule has 1 amide bonds. The van der Waals surface area contributed by atoms with Crippen LogP contribution in [0.5, 0.6) is 0 Å². The average Bonchev–Trinajstić information content (AvgIpc) is 3.19. The Labute approximate surface area is 202 Å². The summed E-state index contributed by atoms with van der Waals surface area (Å²) in [6.07, 6.45) is 1.73. The van der Waals surface area contributed by atoms with Gasteiger partial charge in [-0.1, -0.05) is 26.0 Å². The van der Waals surface area contributed by atoms with Gasteiger partial charge in [0.2, 0.25) is 5.78 Å². The molecule has 0 spiro atoms. The van der Waals surface area contributed by atoms with Crippen LogP contribution in [-0.2, 0) is 11.3 Å². The van der Waals surface area contributed by atoms with Gasteiger partial charge in [-0.05, 0) is 59.6 Å². The van der Waals surface area contributed by atoms with Crippen molar-refractivity contribution < 1.29 is 18.8 Å². The molecule has 1 unspecified atom stereocenters. The Kier molecular flexibility index (Phi) is 11.8. The number of aryl methyl sites for hydroxylation is 1. The lowest BCUT2D eigenvalue weighted by molar-refractivity contribution is -0.104. The van der Waals surface area contributed by atoms with Crippen LogP contribution in [0, 0.1) is 12.7 Å². The average molecular weight is 475 g/mol. The number of halogens is 1. The van der Waals surface area contributed by atoms with Gasteiger partial charge in [-0.3, -0.25) is 19.3 Å². The monoisotopic (exact) mass is 474 g/mol. The second-order valence-corrected chi connectivity index (χ2v) is 8.74. The molecule has 0 aliphatic carbocycles. The highest BCUT2D eigenvalue weighted by Gasteiger charge is 2.34. The topological polar surface area (TPSA) is 76.7 Å². The summed E-state index contributed by atoms with van der Waals surface area (Å²) in [7, 11) is 6.00. The van der Waals surface area contributed by atoms with E-state index in [0.29, 0.717) is 25.3 Å². The van der Waals surface area contributed by atoms with E-state index in [1.165, 1.54) is 18.3 Å².